The summed E-state index contributed by atoms with van der Waals surface area (Å²) < 4.78 is 17.0. The second-order valence-electron chi connectivity index (χ2n) is 2.16. The van der Waals surface area contributed by atoms with E-state index in [0.717, 1.165) is 17.6 Å². The van der Waals surface area contributed by atoms with Crippen LogP contribution in [0.4, 0.5) is 4.39 Å². The molecule has 0 bridgehead atoms. The number of benzene rings is 1. The summed E-state index contributed by atoms with van der Waals surface area (Å²) >= 11 is 0.874. The van der Waals surface area contributed by atoms with Crippen LogP contribution < -0.4 is 5.90 Å². The Kier molecular flexibility index (Phi) is 3.48. The van der Waals surface area contributed by atoms with E-state index in [1.165, 1.54) is 12.1 Å². The third-order valence-corrected chi connectivity index (χ3v) is 2.08. The molecule has 2 N–H and O–H groups in total. The molecular weight excluding hydrogens is 181 g/mol. The molecule has 0 heterocycles. The highest BCUT2D eigenvalue weighted by Crippen LogP contribution is 2.23. The van der Waals surface area contributed by atoms with Crippen LogP contribution in [0.5, 0.6) is 0 Å². The number of aryl methyl sites for hydroxylation is 1. The molecule has 0 saturated carbocycles. The molecule has 0 unspecified atom stereocenters. The summed E-state index contributed by atoms with van der Waals surface area (Å²) in [5, 5.41) is 0. The summed E-state index contributed by atoms with van der Waals surface area (Å²) in [6, 6.07) is 4.37. The highest BCUT2D eigenvalue weighted by molar-refractivity contribution is 7.94. The van der Waals surface area contributed by atoms with Gasteiger partial charge in [-0.05, 0) is 24.6 Å². The lowest BCUT2D eigenvalue weighted by Crippen LogP contribution is -1.94. The van der Waals surface area contributed by atoms with E-state index in [1.807, 2.05) is 6.92 Å². The molecule has 3 nitrogen and oxygen atoms in total. The van der Waals surface area contributed by atoms with Gasteiger partial charge in [-0.15, -0.1) is 9.32 Å². The summed E-state index contributed by atoms with van der Waals surface area (Å²) in [6.45, 7) is 1.83. The predicted molar refractivity (Wildman–Crippen MR) is 43.4 cm³/mol. The van der Waals surface area contributed by atoms with Crippen molar-refractivity contribution < 1.29 is 13.7 Å². The molecule has 0 radical (unpaired) electrons. The van der Waals surface area contributed by atoms with Crippen LogP contribution in [0.2, 0.25) is 0 Å². The minimum absolute atomic E-state index is 0.316. The number of hydrogen-bond acceptors (Lipinski definition) is 4. The summed E-state index contributed by atoms with van der Waals surface area (Å²) in [7, 11) is 0. The molecule has 12 heavy (non-hydrogen) atoms. The van der Waals surface area contributed by atoms with Crippen molar-refractivity contribution in [2.24, 2.45) is 5.90 Å². The monoisotopic (exact) mass is 189 g/mol. The second-order valence-corrected chi connectivity index (χ2v) is 2.90. The molecule has 0 spiro atoms. The molecule has 1 rings (SSSR count). The SMILES string of the molecule is Cc1ccc(F)cc1SOON. The van der Waals surface area contributed by atoms with Crippen molar-refractivity contribution in [2.75, 3.05) is 0 Å². The molecule has 1 aromatic carbocycles. The highest BCUT2D eigenvalue weighted by Gasteiger charge is 2.01. The molecule has 0 aliphatic heterocycles. The molecule has 0 saturated heterocycles. The Labute approximate surface area is 73.7 Å². The summed E-state index contributed by atoms with van der Waals surface area (Å²) in [5.41, 5.74) is 0.901. The van der Waals surface area contributed by atoms with Crippen LogP contribution in [0.1, 0.15) is 5.56 Å². The zero-order valence-corrected chi connectivity index (χ0v) is 7.23. The van der Waals surface area contributed by atoms with Gasteiger partial charge in [0.15, 0.2) is 0 Å². The third-order valence-electron chi connectivity index (χ3n) is 1.31. The first kappa shape index (κ1) is 9.47. The Bertz CT molecular complexity index is 270. The van der Waals surface area contributed by atoms with Gasteiger partial charge in [0.1, 0.15) is 5.82 Å². The van der Waals surface area contributed by atoms with E-state index < -0.39 is 0 Å². The minimum atomic E-state index is -0.316. The Morgan fingerprint density at radius 1 is 1.50 bits per heavy atom. The standard InChI is InChI=1S/C7H8FNO2S/c1-5-2-3-6(8)4-7(5)12-11-10-9/h2-4H,9H2,1H3. The van der Waals surface area contributed by atoms with Crippen LogP contribution in [0, 0.1) is 12.7 Å². The van der Waals surface area contributed by atoms with Crippen molar-refractivity contribution in [3.8, 4) is 0 Å². The number of halogens is 1. The quantitative estimate of drug-likeness (QED) is 0.448. The second kappa shape index (κ2) is 4.42. The molecule has 0 atom stereocenters. The largest absolute Gasteiger partial charge is 0.207 e. The highest BCUT2D eigenvalue weighted by atomic mass is 32.2. The van der Waals surface area contributed by atoms with Crippen LogP contribution >= 0.6 is 12.0 Å². The van der Waals surface area contributed by atoms with Crippen molar-refractivity contribution in [1.82, 2.24) is 0 Å². The normalized spacial score (nSPS) is 10.2. The van der Waals surface area contributed by atoms with Crippen LogP contribution in [0.15, 0.2) is 23.1 Å². The summed E-state index contributed by atoms with van der Waals surface area (Å²) in [5.74, 6) is 4.31. The van der Waals surface area contributed by atoms with E-state index in [1.54, 1.807) is 6.07 Å². The Balaban J connectivity index is 2.75. The number of nitrogens with two attached hydrogens (primary N) is 1. The van der Waals surface area contributed by atoms with Gasteiger partial charge >= 0.3 is 0 Å². The fourth-order valence-corrected chi connectivity index (χ4v) is 1.19. The van der Waals surface area contributed by atoms with Gasteiger partial charge in [0.2, 0.25) is 0 Å². The van der Waals surface area contributed by atoms with E-state index in [-0.39, 0.29) is 5.82 Å². The first-order valence-corrected chi connectivity index (χ1v) is 3.94. The molecular formula is C7H8FNO2S. The zero-order valence-electron chi connectivity index (χ0n) is 6.41. The predicted octanol–water partition coefficient (Wildman–Crippen LogP) is 1.96. The Morgan fingerprint density at radius 2 is 2.25 bits per heavy atom. The van der Waals surface area contributed by atoms with E-state index in [2.05, 4.69) is 15.2 Å². The molecule has 0 aromatic heterocycles. The van der Waals surface area contributed by atoms with Gasteiger partial charge in [-0.3, -0.25) is 0 Å². The van der Waals surface area contributed by atoms with Gasteiger partial charge in [-0.1, -0.05) is 6.07 Å². The molecule has 0 aliphatic rings. The van der Waals surface area contributed by atoms with Gasteiger partial charge in [0.05, 0.1) is 12.0 Å². The maximum Gasteiger partial charge on any atom is 0.124 e. The van der Waals surface area contributed by atoms with Crippen molar-refractivity contribution in [1.29, 1.82) is 0 Å². The van der Waals surface area contributed by atoms with Crippen molar-refractivity contribution in [2.45, 2.75) is 11.8 Å². The van der Waals surface area contributed by atoms with Crippen molar-refractivity contribution in [3.05, 3.63) is 29.6 Å². The van der Waals surface area contributed by atoms with Gasteiger partial charge in [-0.2, -0.15) is 5.90 Å². The Hall–Kier alpha value is -0.620. The molecule has 0 amide bonds. The topological polar surface area (TPSA) is 44.5 Å². The zero-order chi connectivity index (χ0) is 8.97. The first-order valence-electron chi connectivity index (χ1n) is 3.20. The average Bonchev–Trinajstić information content (AvgIpc) is 2.07. The smallest absolute Gasteiger partial charge is 0.124 e. The minimum Gasteiger partial charge on any atom is -0.207 e. The molecule has 0 aliphatic carbocycles. The van der Waals surface area contributed by atoms with Gasteiger partial charge in [0, 0.05) is 4.90 Å². The number of rotatable bonds is 3. The number of hydrogen-bond donors (Lipinski definition) is 1. The lowest BCUT2D eigenvalue weighted by molar-refractivity contribution is -0.195. The van der Waals surface area contributed by atoms with Crippen LogP contribution in [-0.4, -0.2) is 0 Å². The van der Waals surface area contributed by atoms with Gasteiger partial charge in [0.25, 0.3) is 0 Å². The van der Waals surface area contributed by atoms with Crippen molar-refractivity contribution >= 4 is 12.0 Å². The average molecular weight is 189 g/mol. The van der Waals surface area contributed by atoms with Crippen LogP contribution in [0.3, 0.4) is 0 Å². The molecule has 66 valence electrons. The fraction of sp³-hybridized carbons (Fsp3) is 0.143. The van der Waals surface area contributed by atoms with E-state index in [4.69, 9.17) is 0 Å². The van der Waals surface area contributed by atoms with Crippen LogP contribution in [-0.2, 0) is 9.32 Å². The third kappa shape index (κ3) is 2.46. The van der Waals surface area contributed by atoms with E-state index in [0.29, 0.717) is 4.90 Å². The first-order chi connectivity index (χ1) is 5.74. The molecule has 0 fully saturated rings. The van der Waals surface area contributed by atoms with Gasteiger partial charge < -0.3 is 0 Å². The maximum absolute atomic E-state index is 12.6. The lowest BCUT2D eigenvalue weighted by Gasteiger charge is -2.01. The summed E-state index contributed by atoms with van der Waals surface area (Å²) in [6.07, 6.45) is 0. The molecule has 5 heteroatoms. The van der Waals surface area contributed by atoms with Crippen molar-refractivity contribution in [3.63, 3.8) is 0 Å². The van der Waals surface area contributed by atoms with E-state index >= 15 is 0 Å². The maximum atomic E-state index is 12.6. The lowest BCUT2D eigenvalue weighted by atomic mass is 10.2. The van der Waals surface area contributed by atoms with Gasteiger partial charge in [-0.25, -0.2) is 4.39 Å². The Morgan fingerprint density at radius 3 is 2.92 bits per heavy atom. The van der Waals surface area contributed by atoms with Crippen LogP contribution in [0.25, 0.3) is 0 Å². The fourth-order valence-electron chi connectivity index (χ4n) is 0.720. The molecule has 1 aromatic rings. The summed E-state index contributed by atoms with van der Waals surface area (Å²) in [4.78, 5) is 4.52. The van der Waals surface area contributed by atoms with E-state index in [9.17, 15) is 4.39 Å².